The van der Waals surface area contributed by atoms with Crippen molar-refractivity contribution in [3.8, 4) is 5.69 Å². The highest BCUT2D eigenvalue weighted by Crippen LogP contribution is 2.30. The predicted molar refractivity (Wildman–Crippen MR) is 80.3 cm³/mol. The van der Waals surface area contributed by atoms with Crippen molar-refractivity contribution < 1.29 is 8.78 Å². The van der Waals surface area contributed by atoms with Gasteiger partial charge in [0, 0.05) is 11.1 Å². The van der Waals surface area contributed by atoms with Crippen molar-refractivity contribution in [2.24, 2.45) is 0 Å². The van der Waals surface area contributed by atoms with E-state index in [1.54, 1.807) is 29.7 Å². The molecular weight excluding hydrogens is 317 g/mol. The SMILES string of the molecule is CC(Cl)c1nc2ccc(Cl)cc2n1-c1cc(F)cc(F)c1. The number of nitrogens with zero attached hydrogens (tertiary/aromatic N) is 2. The average molecular weight is 327 g/mol. The number of hydrogen-bond acceptors (Lipinski definition) is 1. The molecule has 1 unspecified atom stereocenters. The molecule has 1 aromatic heterocycles. The molecule has 2 nitrogen and oxygen atoms in total. The molecule has 3 rings (SSSR count). The minimum atomic E-state index is -0.665. The van der Waals surface area contributed by atoms with Gasteiger partial charge < -0.3 is 0 Å². The Kier molecular flexibility index (Phi) is 3.59. The van der Waals surface area contributed by atoms with Gasteiger partial charge in [-0.3, -0.25) is 4.57 Å². The van der Waals surface area contributed by atoms with Gasteiger partial charge in [0.15, 0.2) is 0 Å². The third-order valence-corrected chi connectivity index (χ3v) is 3.53. The maximum atomic E-state index is 13.5. The highest BCUT2D eigenvalue weighted by Gasteiger charge is 2.17. The highest BCUT2D eigenvalue weighted by atomic mass is 35.5. The molecule has 2 aromatic carbocycles. The van der Waals surface area contributed by atoms with Crippen molar-refractivity contribution in [3.63, 3.8) is 0 Å². The molecule has 0 bridgehead atoms. The summed E-state index contributed by atoms with van der Waals surface area (Å²) >= 11 is 12.2. The number of hydrogen-bond donors (Lipinski definition) is 0. The van der Waals surface area contributed by atoms with Crippen LogP contribution in [0.25, 0.3) is 16.7 Å². The van der Waals surface area contributed by atoms with Crippen molar-refractivity contribution in [2.45, 2.75) is 12.3 Å². The normalized spacial score (nSPS) is 12.8. The lowest BCUT2D eigenvalue weighted by atomic mass is 10.2. The van der Waals surface area contributed by atoms with Crippen LogP contribution in [0.4, 0.5) is 8.78 Å². The Labute approximate surface area is 129 Å². The Hall–Kier alpha value is -1.65. The first-order valence-electron chi connectivity index (χ1n) is 6.24. The molecule has 1 atom stereocenters. The van der Waals surface area contributed by atoms with Crippen molar-refractivity contribution in [1.29, 1.82) is 0 Å². The molecule has 0 spiro atoms. The van der Waals surface area contributed by atoms with Crippen LogP contribution < -0.4 is 0 Å². The van der Waals surface area contributed by atoms with Crippen LogP contribution in [0.5, 0.6) is 0 Å². The molecule has 0 fully saturated rings. The van der Waals surface area contributed by atoms with Crippen LogP contribution in [0.1, 0.15) is 18.1 Å². The molecule has 108 valence electrons. The Bertz CT molecular complexity index is 808. The number of benzene rings is 2. The molecule has 0 aliphatic rings. The van der Waals surface area contributed by atoms with Gasteiger partial charge in [-0.2, -0.15) is 0 Å². The molecule has 0 aliphatic heterocycles. The molecule has 0 aliphatic carbocycles. The van der Waals surface area contributed by atoms with Crippen LogP contribution in [-0.2, 0) is 0 Å². The second kappa shape index (κ2) is 5.28. The summed E-state index contributed by atoms with van der Waals surface area (Å²) in [5.41, 5.74) is 1.63. The van der Waals surface area contributed by atoms with Gasteiger partial charge in [0.2, 0.25) is 0 Å². The zero-order valence-electron chi connectivity index (χ0n) is 10.9. The van der Waals surface area contributed by atoms with Gasteiger partial charge >= 0.3 is 0 Å². The van der Waals surface area contributed by atoms with Crippen LogP contribution in [0.15, 0.2) is 36.4 Å². The summed E-state index contributed by atoms with van der Waals surface area (Å²) in [5, 5.41) is 0.0804. The number of fused-ring (bicyclic) bond motifs is 1. The van der Waals surface area contributed by atoms with E-state index in [4.69, 9.17) is 23.2 Å². The molecule has 0 saturated carbocycles. The van der Waals surface area contributed by atoms with Crippen molar-refractivity contribution in [3.05, 3.63) is 58.9 Å². The zero-order chi connectivity index (χ0) is 15.1. The monoisotopic (exact) mass is 326 g/mol. The van der Waals surface area contributed by atoms with Gasteiger partial charge in [-0.15, -0.1) is 11.6 Å². The molecule has 0 N–H and O–H groups in total. The lowest BCUT2D eigenvalue weighted by Gasteiger charge is -2.11. The van der Waals surface area contributed by atoms with E-state index in [-0.39, 0.29) is 0 Å². The summed E-state index contributed by atoms with van der Waals surface area (Å²) in [6, 6.07) is 8.42. The molecule has 0 saturated heterocycles. The molecule has 0 radical (unpaired) electrons. The van der Waals surface area contributed by atoms with Gasteiger partial charge in [-0.05, 0) is 37.3 Å². The maximum Gasteiger partial charge on any atom is 0.132 e. The van der Waals surface area contributed by atoms with Crippen LogP contribution in [-0.4, -0.2) is 9.55 Å². The molecule has 6 heteroatoms. The van der Waals surface area contributed by atoms with Crippen LogP contribution in [0.2, 0.25) is 5.02 Å². The minimum absolute atomic E-state index is 0.319. The number of rotatable bonds is 2. The summed E-state index contributed by atoms with van der Waals surface area (Å²) < 4.78 is 28.6. The van der Waals surface area contributed by atoms with E-state index in [1.165, 1.54) is 12.1 Å². The number of alkyl halides is 1. The first-order chi connectivity index (χ1) is 9.95. The highest BCUT2D eigenvalue weighted by molar-refractivity contribution is 6.31. The number of aromatic nitrogens is 2. The minimum Gasteiger partial charge on any atom is -0.295 e. The van der Waals surface area contributed by atoms with Crippen LogP contribution in [0, 0.1) is 11.6 Å². The third kappa shape index (κ3) is 2.61. The van der Waals surface area contributed by atoms with Crippen molar-refractivity contribution in [1.82, 2.24) is 9.55 Å². The summed E-state index contributed by atoms with van der Waals surface area (Å²) in [7, 11) is 0. The Morgan fingerprint density at radius 3 is 2.38 bits per heavy atom. The van der Waals surface area contributed by atoms with E-state index in [1.807, 2.05) is 0 Å². The van der Waals surface area contributed by atoms with E-state index >= 15 is 0 Å². The molecule has 21 heavy (non-hydrogen) atoms. The first kappa shape index (κ1) is 14.3. The summed E-state index contributed by atoms with van der Waals surface area (Å²) in [6.07, 6.45) is 0. The Balaban J connectivity index is 2.38. The van der Waals surface area contributed by atoms with Crippen molar-refractivity contribution >= 4 is 34.2 Å². The Morgan fingerprint density at radius 2 is 1.76 bits per heavy atom. The quantitative estimate of drug-likeness (QED) is 0.587. The largest absolute Gasteiger partial charge is 0.295 e. The molecular formula is C15H10Cl2F2N2. The van der Waals surface area contributed by atoms with E-state index in [0.29, 0.717) is 27.6 Å². The second-order valence-electron chi connectivity index (χ2n) is 4.68. The maximum absolute atomic E-state index is 13.5. The second-order valence-corrected chi connectivity index (χ2v) is 5.77. The number of halogens is 4. The fourth-order valence-electron chi connectivity index (χ4n) is 2.27. The van der Waals surface area contributed by atoms with Gasteiger partial charge in [0.05, 0.1) is 22.1 Å². The van der Waals surface area contributed by atoms with Crippen LogP contribution in [0.3, 0.4) is 0 Å². The van der Waals surface area contributed by atoms with Gasteiger partial charge in [0.25, 0.3) is 0 Å². The lowest BCUT2D eigenvalue weighted by Crippen LogP contribution is -2.03. The fourth-order valence-corrected chi connectivity index (χ4v) is 2.59. The van der Waals surface area contributed by atoms with Gasteiger partial charge in [0.1, 0.15) is 17.5 Å². The van der Waals surface area contributed by atoms with Crippen LogP contribution >= 0.6 is 23.2 Å². The Morgan fingerprint density at radius 1 is 1.10 bits per heavy atom. The van der Waals surface area contributed by atoms with E-state index < -0.39 is 17.0 Å². The summed E-state index contributed by atoms with van der Waals surface area (Å²) in [6.45, 7) is 1.75. The summed E-state index contributed by atoms with van der Waals surface area (Å²) in [4.78, 5) is 4.42. The van der Waals surface area contributed by atoms with Gasteiger partial charge in [-0.25, -0.2) is 13.8 Å². The predicted octanol–water partition coefficient (Wildman–Crippen LogP) is 5.26. The average Bonchev–Trinajstić information content (AvgIpc) is 2.76. The smallest absolute Gasteiger partial charge is 0.132 e. The summed E-state index contributed by atoms with van der Waals surface area (Å²) in [5.74, 6) is -0.831. The fraction of sp³-hybridized carbons (Fsp3) is 0.133. The van der Waals surface area contributed by atoms with Crippen molar-refractivity contribution in [2.75, 3.05) is 0 Å². The molecule has 3 aromatic rings. The number of imidazole rings is 1. The first-order valence-corrected chi connectivity index (χ1v) is 7.05. The lowest BCUT2D eigenvalue weighted by molar-refractivity contribution is 0.581. The molecule has 0 amide bonds. The van der Waals surface area contributed by atoms with Gasteiger partial charge in [-0.1, -0.05) is 11.6 Å². The van der Waals surface area contributed by atoms with E-state index in [9.17, 15) is 8.78 Å². The van der Waals surface area contributed by atoms with E-state index in [0.717, 1.165) is 6.07 Å². The third-order valence-electron chi connectivity index (χ3n) is 3.10. The zero-order valence-corrected chi connectivity index (χ0v) is 12.5. The standard InChI is InChI=1S/C15H10Cl2F2N2/c1-8(16)15-20-13-3-2-9(17)4-14(13)21(15)12-6-10(18)5-11(19)7-12/h2-8H,1H3. The van der Waals surface area contributed by atoms with E-state index in [2.05, 4.69) is 4.98 Å². The topological polar surface area (TPSA) is 17.8 Å². The molecule has 1 heterocycles.